The van der Waals surface area contributed by atoms with E-state index in [0.717, 1.165) is 23.7 Å². The van der Waals surface area contributed by atoms with Crippen LogP contribution in [0.5, 0.6) is 0 Å². The number of Topliss-reactive ketones (excluding diaryl/α,β-unsaturated/α-hetero) is 1. The number of hydrogen-bond donors (Lipinski definition) is 0. The van der Waals surface area contributed by atoms with Crippen LogP contribution in [0.2, 0.25) is 0 Å². The summed E-state index contributed by atoms with van der Waals surface area (Å²) in [6.45, 7) is 10.8. The minimum atomic E-state index is 0.167. The second-order valence-corrected chi connectivity index (χ2v) is 10.7. The summed E-state index contributed by atoms with van der Waals surface area (Å²) < 4.78 is 9.93. The van der Waals surface area contributed by atoms with E-state index in [0.29, 0.717) is 16.9 Å². The van der Waals surface area contributed by atoms with Crippen molar-refractivity contribution < 1.29 is 14.3 Å². The van der Waals surface area contributed by atoms with E-state index in [1.54, 1.807) is 19.8 Å². The van der Waals surface area contributed by atoms with E-state index in [9.17, 15) is 4.79 Å². The molecule has 4 aliphatic rings. The number of carbonyl (C=O) groups excluding carboxylic acids is 1. The summed E-state index contributed by atoms with van der Waals surface area (Å²) in [5.74, 6) is 4.03. The summed E-state index contributed by atoms with van der Waals surface area (Å²) in [7, 11) is 5.14. The van der Waals surface area contributed by atoms with Gasteiger partial charge in [-0.2, -0.15) is 0 Å². The van der Waals surface area contributed by atoms with E-state index in [4.69, 9.17) is 4.74 Å². The molecule has 0 aliphatic heterocycles. The molecule has 0 amide bonds. The van der Waals surface area contributed by atoms with Gasteiger partial charge in [-0.25, -0.2) is 0 Å². The highest BCUT2D eigenvalue weighted by Crippen LogP contribution is 2.66. The van der Waals surface area contributed by atoms with Crippen molar-refractivity contribution in [2.75, 3.05) is 21.3 Å². The lowest BCUT2D eigenvalue weighted by atomic mass is 9.47. The molecular weight excluding hydrogens is 360 g/mol. The summed E-state index contributed by atoms with van der Waals surface area (Å²) in [6.07, 6.45) is 14.3. The molecule has 0 aromatic rings. The van der Waals surface area contributed by atoms with Crippen LogP contribution in [0, 0.1) is 34.5 Å². The minimum Gasteiger partial charge on any atom is -0.388 e. The van der Waals surface area contributed by atoms with Crippen LogP contribution in [0.4, 0.5) is 0 Å². The molecule has 3 heteroatoms. The van der Waals surface area contributed by atoms with Gasteiger partial charge in [0.2, 0.25) is 0 Å². The smallest absolute Gasteiger partial charge is 0.126 e. The number of ketones is 1. The van der Waals surface area contributed by atoms with Crippen LogP contribution >= 0.6 is 0 Å². The molecule has 3 nitrogen and oxygen atoms in total. The Balaban J connectivity index is 0.000000377. The van der Waals surface area contributed by atoms with Crippen LogP contribution in [-0.2, 0) is 14.3 Å². The van der Waals surface area contributed by atoms with Crippen molar-refractivity contribution >= 4 is 5.78 Å². The van der Waals surface area contributed by atoms with Crippen molar-refractivity contribution in [3.05, 3.63) is 11.6 Å². The zero-order valence-electron chi connectivity index (χ0n) is 20.3. The Morgan fingerprint density at radius 1 is 1.00 bits per heavy atom. The van der Waals surface area contributed by atoms with E-state index in [2.05, 4.69) is 31.6 Å². The second kappa shape index (κ2) is 10.1. The van der Waals surface area contributed by atoms with Gasteiger partial charge in [0.25, 0.3) is 0 Å². The molecule has 0 saturated heterocycles. The molecule has 168 valence electrons. The Hall–Kier alpha value is -0.670. The molecule has 0 spiro atoms. The molecule has 7 unspecified atom stereocenters. The summed E-state index contributed by atoms with van der Waals surface area (Å²) >= 11 is 0. The van der Waals surface area contributed by atoms with Gasteiger partial charge >= 0.3 is 0 Å². The lowest BCUT2D eigenvalue weighted by Crippen LogP contribution is -2.50. The van der Waals surface area contributed by atoms with Gasteiger partial charge in [0.1, 0.15) is 5.78 Å². The van der Waals surface area contributed by atoms with Crippen molar-refractivity contribution in [1.82, 2.24) is 0 Å². The standard InChI is InChI=1S/C21H34O.C3H6O.C2H6O/c1-14-5-8-18-17-7-6-15-13-16(22-4)9-11-21(15,3)19(17)10-12-20(14,18)2;1-3(2)4;1-3-2/h6,14,16-19H,5,7-13H2,1-4H3;1-2H3;1-2H3. The van der Waals surface area contributed by atoms with Crippen LogP contribution in [0.15, 0.2) is 11.6 Å². The van der Waals surface area contributed by atoms with Crippen molar-refractivity contribution in [3.63, 3.8) is 0 Å². The maximum atomic E-state index is 9.44. The molecule has 0 aromatic heterocycles. The fourth-order valence-corrected chi connectivity index (χ4v) is 7.09. The highest BCUT2D eigenvalue weighted by molar-refractivity contribution is 5.72. The number of fused-ring (bicyclic) bond motifs is 5. The lowest BCUT2D eigenvalue weighted by molar-refractivity contribution is -0.114. The predicted octanol–water partition coefficient (Wildman–Crippen LogP) is 6.46. The minimum absolute atomic E-state index is 0.167. The molecule has 29 heavy (non-hydrogen) atoms. The third kappa shape index (κ3) is 4.98. The molecule has 4 aliphatic carbocycles. The monoisotopic (exact) mass is 406 g/mol. The van der Waals surface area contributed by atoms with Gasteiger partial charge in [-0.15, -0.1) is 0 Å². The number of carbonyl (C=O) groups is 1. The van der Waals surface area contributed by atoms with Crippen LogP contribution in [-0.4, -0.2) is 33.2 Å². The third-order valence-electron chi connectivity index (χ3n) is 8.87. The van der Waals surface area contributed by atoms with Crippen molar-refractivity contribution in [2.24, 2.45) is 34.5 Å². The molecule has 3 saturated carbocycles. The number of methoxy groups -OCH3 is 2. The topological polar surface area (TPSA) is 35.5 Å². The van der Waals surface area contributed by atoms with Crippen LogP contribution in [0.25, 0.3) is 0 Å². The van der Waals surface area contributed by atoms with Gasteiger partial charge in [0, 0.05) is 21.3 Å². The summed E-state index contributed by atoms with van der Waals surface area (Å²) in [4.78, 5) is 9.44. The Labute approximate surface area is 180 Å². The second-order valence-electron chi connectivity index (χ2n) is 10.7. The highest BCUT2D eigenvalue weighted by atomic mass is 16.5. The highest BCUT2D eigenvalue weighted by Gasteiger charge is 2.57. The van der Waals surface area contributed by atoms with E-state index in [-0.39, 0.29) is 5.78 Å². The first-order valence-electron chi connectivity index (χ1n) is 11.7. The number of hydrogen-bond acceptors (Lipinski definition) is 3. The van der Waals surface area contributed by atoms with Crippen LogP contribution < -0.4 is 0 Å². The zero-order valence-corrected chi connectivity index (χ0v) is 20.3. The molecule has 0 bridgehead atoms. The van der Waals surface area contributed by atoms with Gasteiger partial charge in [-0.3, -0.25) is 0 Å². The molecule has 3 fully saturated rings. The first-order chi connectivity index (χ1) is 13.6. The van der Waals surface area contributed by atoms with Crippen molar-refractivity contribution in [2.45, 2.75) is 92.1 Å². The summed E-state index contributed by atoms with van der Waals surface area (Å²) in [5, 5.41) is 0. The third-order valence-corrected chi connectivity index (χ3v) is 8.87. The quantitative estimate of drug-likeness (QED) is 0.469. The van der Waals surface area contributed by atoms with E-state index in [1.165, 1.54) is 65.2 Å². The van der Waals surface area contributed by atoms with Gasteiger partial charge in [0.05, 0.1) is 6.10 Å². The first-order valence-corrected chi connectivity index (χ1v) is 11.7. The summed E-state index contributed by atoms with van der Waals surface area (Å²) in [6, 6.07) is 0. The van der Waals surface area contributed by atoms with Crippen LogP contribution in [0.3, 0.4) is 0 Å². The average molecular weight is 407 g/mol. The van der Waals surface area contributed by atoms with E-state index >= 15 is 0 Å². The fraction of sp³-hybridized carbons (Fsp3) is 0.885. The first kappa shape index (κ1) is 24.6. The molecule has 0 radical (unpaired) electrons. The zero-order chi connectivity index (χ0) is 21.8. The maximum Gasteiger partial charge on any atom is 0.126 e. The van der Waals surface area contributed by atoms with E-state index in [1.807, 2.05) is 7.11 Å². The van der Waals surface area contributed by atoms with E-state index < -0.39 is 0 Å². The predicted molar refractivity (Wildman–Crippen MR) is 121 cm³/mol. The fourth-order valence-electron chi connectivity index (χ4n) is 7.09. The molecular formula is C26H46O3. The maximum absolute atomic E-state index is 9.44. The Morgan fingerprint density at radius 2 is 1.62 bits per heavy atom. The molecule has 7 atom stereocenters. The molecule has 4 rings (SSSR count). The van der Waals surface area contributed by atoms with Gasteiger partial charge < -0.3 is 14.3 Å². The van der Waals surface area contributed by atoms with Crippen molar-refractivity contribution in [3.8, 4) is 0 Å². The van der Waals surface area contributed by atoms with Gasteiger partial charge in [-0.05, 0) is 99.7 Å². The number of allylic oxidation sites excluding steroid dienone is 1. The van der Waals surface area contributed by atoms with Gasteiger partial charge in [-0.1, -0.05) is 32.4 Å². The molecule has 0 aromatic carbocycles. The Morgan fingerprint density at radius 3 is 2.21 bits per heavy atom. The summed E-state index contributed by atoms with van der Waals surface area (Å²) in [5.41, 5.74) is 2.89. The molecule has 0 N–H and O–H groups in total. The average Bonchev–Trinajstić information content (AvgIpc) is 2.96. The SMILES string of the molecule is CC(C)=O.COC.COC1CCC2(C)C(=CCC3C2CCC2(C)C(C)CCC32)C1. The number of ether oxygens (including phenoxy) is 2. The Bertz CT molecular complexity index is 579. The normalized spacial score (nSPS) is 42.6. The largest absolute Gasteiger partial charge is 0.388 e. The number of rotatable bonds is 1. The lowest BCUT2D eigenvalue weighted by Gasteiger charge is -2.58. The molecule has 0 heterocycles. The van der Waals surface area contributed by atoms with Gasteiger partial charge in [0.15, 0.2) is 0 Å². The van der Waals surface area contributed by atoms with Crippen molar-refractivity contribution in [1.29, 1.82) is 0 Å². The Kier molecular flexibility index (Phi) is 8.56. The van der Waals surface area contributed by atoms with Crippen LogP contribution in [0.1, 0.15) is 86.0 Å².